The number of hydrogen-bond acceptors (Lipinski definition) is 4. The molecule has 88 valence electrons. The SMILES string of the molecule is COC(=O)[C@H](C)CCC(=O)OC(C)(C)C. The average molecular weight is 216 g/mol. The molecule has 0 aromatic heterocycles. The van der Waals surface area contributed by atoms with Crippen LogP contribution in [0.2, 0.25) is 0 Å². The molecule has 0 bridgehead atoms. The summed E-state index contributed by atoms with van der Waals surface area (Å²) in [6, 6.07) is 0. The second kappa shape index (κ2) is 5.73. The van der Waals surface area contributed by atoms with Gasteiger partial charge in [-0.2, -0.15) is 0 Å². The monoisotopic (exact) mass is 216 g/mol. The number of carbonyl (C=O) groups excluding carboxylic acids is 2. The second-order valence-corrected chi connectivity index (χ2v) is 4.55. The highest BCUT2D eigenvalue weighted by Crippen LogP contribution is 2.12. The first-order valence-electron chi connectivity index (χ1n) is 5.06. The van der Waals surface area contributed by atoms with Crippen LogP contribution in [0.25, 0.3) is 0 Å². The van der Waals surface area contributed by atoms with E-state index in [0.717, 1.165) is 0 Å². The molecule has 0 rings (SSSR count). The van der Waals surface area contributed by atoms with Crippen molar-refractivity contribution in [3.05, 3.63) is 0 Å². The predicted molar refractivity (Wildman–Crippen MR) is 56.3 cm³/mol. The molecule has 0 aromatic rings. The fourth-order valence-corrected chi connectivity index (χ4v) is 1.05. The number of hydrogen-bond donors (Lipinski definition) is 0. The molecule has 0 fully saturated rings. The van der Waals surface area contributed by atoms with Gasteiger partial charge < -0.3 is 9.47 Å². The first kappa shape index (κ1) is 13.9. The summed E-state index contributed by atoms with van der Waals surface area (Å²) >= 11 is 0. The van der Waals surface area contributed by atoms with Crippen molar-refractivity contribution in [1.82, 2.24) is 0 Å². The van der Waals surface area contributed by atoms with E-state index in [-0.39, 0.29) is 24.3 Å². The van der Waals surface area contributed by atoms with Crippen LogP contribution in [0, 0.1) is 5.92 Å². The lowest BCUT2D eigenvalue weighted by Crippen LogP contribution is -2.24. The van der Waals surface area contributed by atoms with Crippen LogP contribution in [-0.2, 0) is 19.1 Å². The van der Waals surface area contributed by atoms with Crippen LogP contribution in [0.4, 0.5) is 0 Å². The van der Waals surface area contributed by atoms with Crippen LogP contribution in [0.5, 0.6) is 0 Å². The van der Waals surface area contributed by atoms with Crippen molar-refractivity contribution in [1.29, 1.82) is 0 Å². The van der Waals surface area contributed by atoms with Gasteiger partial charge in [0.25, 0.3) is 0 Å². The molecule has 0 aliphatic rings. The Morgan fingerprint density at radius 1 is 1.27 bits per heavy atom. The predicted octanol–water partition coefficient (Wildman–Crippen LogP) is 1.92. The first-order valence-corrected chi connectivity index (χ1v) is 5.06. The van der Waals surface area contributed by atoms with Gasteiger partial charge in [0.05, 0.1) is 13.0 Å². The van der Waals surface area contributed by atoms with Crippen LogP contribution in [0.1, 0.15) is 40.5 Å². The third-order valence-electron chi connectivity index (χ3n) is 1.81. The maximum absolute atomic E-state index is 11.3. The molecule has 0 saturated carbocycles. The van der Waals surface area contributed by atoms with Crippen molar-refractivity contribution >= 4 is 11.9 Å². The second-order valence-electron chi connectivity index (χ2n) is 4.55. The van der Waals surface area contributed by atoms with Gasteiger partial charge in [0.15, 0.2) is 0 Å². The minimum Gasteiger partial charge on any atom is -0.469 e. The topological polar surface area (TPSA) is 52.6 Å². The van der Waals surface area contributed by atoms with Gasteiger partial charge in [0.2, 0.25) is 0 Å². The van der Waals surface area contributed by atoms with Crippen molar-refractivity contribution in [3.63, 3.8) is 0 Å². The first-order chi connectivity index (χ1) is 6.76. The van der Waals surface area contributed by atoms with Gasteiger partial charge in [0, 0.05) is 6.42 Å². The largest absolute Gasteiger partial charge is 0.469 e. The highest BCUT2D eigenvalue weighted by Gasteiger charge is 2.19. The molecule has 0 amide bonds. The zero-order chi connectivity index (χ0) is 12.1. The summed E-state index contributed by atoms with van der Waals surface area (Å²) in [4.78, 5) is 22.3. The van der Waals surface area contributed by atoms with Gasteiger partial charge in [-0.15, -0.1) is 0 Å². The van der Waals surface area contributed by atoms with Crippen molar-refractivity contribution < 1.29 is 19.1 Å². The Morgan fingerprint density at radius 2 is 1.80 bits per heavy atom. The van der Waals surface area contributed by atoms with Crippen LogP contribution in [0.3, 0.4) is 0 Å². The number of carbonyl (C=O) groups is 2. The summed E-state index contributed by atoms with van der Waals surface area (Å²) < 4.78 is 9.66. The summed E-state index contributed by atoms with van der Waals surface area (Å²) in [5.41, 5.74) is -0.467. The maximum Gasteiger partial charge on any atom is 0.308 e. The molecule has 4 nitrogen and oxygen atoms in total. The Balaban J connectivity index is 3.86. The Kier molecular flexibility index (Phi) is 5.33. The molecule has 1 atom stereocenters. The lowest BCUT2D eigenvalue weighted by Gasteiger charge is -2.19. The zero-order valence-corrected chi connectivity index (χ0v) is 10.1. The van der Waals surface area contributed by atoms with E-state index in [1.165, 1.54) is 7.11 Å². The van der Waals surface area contributed by atoms with Crippen LogP contribution < -0.4 is 0 Å². The van der Waals surface area contributed by atoms with E-state index in [2.05, 4.69) is 4.74 Å². The summed E-state index contributed by atoms with van der Waals surface area (Å²) in [6.45, 7) is 7.17. The molecule has 0 aliphatic heterocycles. The van der Waals surface area contributed by atoms with Gasteiger partial charge in [-0.25, -0.2) is 0 Å². The Labute approximate surface area is 90.9 Å². The molecule has 0 aromatic carbocycles. The summed E-state index contributed by atoms with van der Waals surface area (Å²) in [6.07, 6.45) is 0.703. The highest BCUT2D eigenvalue weighted by atomic mass is 16.6. The van der Waals surface area contributed by atoms with E-state index in [4.69, 9.17) is 4.74 Å². The number of esters is 2. The van der Waals surface area contributed by atoms with Crippen molar-refractivity contribution in [2.45, 2.75) is 46.1 Å². The van der Waals surface area contributed by atoms with Crippen LogP contribution in [-0.4, -0.2) is 24.6 Å². The Morgan fingerprint density at radius 3 is 2.20 bits per heavy atom. The quantitative estimate of drug-likeness (QED) is 0.674. The van der Waals surface area contributed by atoms with Gasteiger partial charge in [0.1, 0.15) is 5.60 Å². The highest BCUT2D eigenvalue weighted by molar-refractivity contribution is 5.74. The van der Waals surface area contributed by atoms with E-state index >= 15 is 0 Å². The van der Waals surface area contributed by atoms with E-state index in [9.17, 15) is 9.59 Å². The van der Waals surface area contributed by atoms with Crippen LogP contribution >= 0.6 is 0 Å². The molecule has 0 spiro atoms. The van der Waals surface area contributed by atoms with E-state index in [1.807, 2.05) is 20.8 Å². The molecule has 0 aliphatic carbocycles. The van der Waals surface area contributed by atoms with Crippen molar-refractivity contribution in [3.8, 4) is 0 Å². The Bertz CT molecular complexity index is 227. The van der Waals surface area contributed by atoms with Crippen molar-refractivity contribution in [2.24, 2.45) is 5.92 Å². The molecular weight excluding hydrogens is 196 g/mol. The molecule has 0 radical (unpaired) electrons. The summed E-state index contributed by atoms with van der Waals surface area (Å²) in [7, 11) is 1.34. The van der Waals surface area contributed by atoms with Gasteiger partial charge in [-0.05, 0) is 27.2 Å². The van der Waals surface area contributed by atoms with Gasteiger partial charge >= 0.3 is 11.9 Å². The molecule has 0 unspecified atom stereocenters. The molecule has 15 heavy (non-hydrogen) atoms. The molecule has 0 heterocycles. The smallest absolute Gasteiger partial charge is 0.308 e. The molecule has 0 saturated heterocycles. The number of methoxy groups -OCH3 is 1. The summed E-state index contributed by atoms with van der Waals surface area (Å²) in [5.74, 6) is -0.834. The third kappa shape index (κ3) is 6.94. The fraction of sp³-hybridized carbons (Fsp3) is 0.818. The zero-order valence-electron chi connectivity index (χ0n) is 10.1. The van der Waals surface area contributed by atoms with E-state index < -0.39 is 5.60 Å². The molecular formula is C11H20O4. The summed E-state index contributed by atoms with van der Waals surface area (Å²) in [5, 5.41) is 0. The fourth-order valence-electron chi connectivity index (χ4n) is 1.05. The standard InChI is InChI=1S/C11H20O4/c1-8(10(13)14-5)6-7-9(12)15-11(2,3)4/h8H,6-7H2,1-5H3/t8-/m1/s1. The van der Waals surface area contributed by atoms with Crippen LogP contribution in [0.15, 0.2) is 0 Å². The average Bonchev–Trinajstić information content (AvgIpc) is 2.10. The van der Waals surface area contributed by atoms with Gasteiger partial charge in [-0.1, -0.05) is 6.92 Å². The normalized spacial score (nSPS) is 13.1. The van der Waals surface area contributed by atoms with E-state index in [0.29, 0.717) is 6.42 Å². The van der Waals surface area contributed by atoms with Crippen molar-refractivity contribution in [2.75, 3.05) is 7.11 Å². The minimum atomic E-state index is -0.467. The van der Waals surface area contributed by atoms with E-state index in [1.54, 1.807) is 6.92 Å². The van der Waals surface area contributed by atoms with Gasteiger partial charge in [-0.3, -0.25) is 9.59 Å². The third-order valence-corrected chi connectivity index (χ3v) is 1.81. The number of ether oxygens (including phenoxy) is 2. The number of rotatable bonds is 4. The Hall–Kier alpha value is -1.06. The maximum atomic E-state index is 11.3. The lowest BCUT2D eigenvalue weighted by atomic mass is 10.1. The lowest BCUT2D eigenvalue weighted by molar-refractivity contribution is -0.155. The molecule has 0 N–H and O–H groups in total. The molecule has 4 heteroatoms. The minimum absolute atomic E-state index is 0.244.